The summed E-state index contributed by atoms with van der Waals surface area (Å²) in [4.78, 5) is 38.4. The number of rotatable bonds is 7. The van der Waals surface area contributed by atoms with Gasteiger partial charge >= 0.3 is 12.0 Å². The Labute approximate surface area is 187 Å². The van der Waals surface area contributed by atoms with Gasteiger partial charge in [0.05, 0.1) is 17.7 Å². The summed E-state index contributed by atoms with van der Waals surface area (Å²) in [7, 11) is 0. The van der Waals surface area contributed by atoms with Crippen LogP contribution in [0.15, 0.2) is 75.8 Å². The monoisotopic (exact) mass is 451 g/mol. The third-order valence-corrected chi connectivity index (χ3v) is 5.95. The van der Waals surface area contributed by atoms with Crippen LogP contribution in [0.25, 0.3) is 0 Å². The van der Waals surface area contributed by atoms with E-state index in [2.05, 4.69) is 16.7 Å². The second kappa shape index (κ2) is 11.0. The zero-order valence-corrected chi connectivity index (χ0v) is 17.8. The molecule has 0 atom stereocenters. The molecule has 1 aromatic heterocycles. The van der Waals surface area contributed by atoms with Gasteiger partial charge in [-0.25, -0.2) is 9.59 Å². The highest BCUT2D eigenvalue weighted by Crippen LogP contribution is 2.32. The van der Waals surface area contributed by atoms with Gasteiger partial charge in [0, 0.05) is 14.7 Å². The first-order valence-corrected chi connectivity index (χ1v) is 10.8. The van der Waals surface area contributed by atoms with Gasteiger partial charge < -0.3 is 10.1 Å². The standard InChI is InChI=1S/C22H17N3O4S2/c23-12-15-6-1-3-9-18(15)31-19-10-4-2-8-17(19)21(27)29-14-20(26)25-22(28)24-13-16-7-5-11-30-16/h1-11H,13-14H2,(H2,24,25,26,28). The molecular weight excluding hydrogens is 434 g/mol. The van der Waals surface area contributed by atoms with Crippen molar-refractivity contribution >= 4 is 41.0 Å². The van der Waals surface area contributed by atoms with Gasteiger partial charge in [-0.15, -0.1) is 11.3 Å². The number of carbonyl (C=O) groups excluding carboxylic acids is 3. The average Bonchev–Trinajstić information content (AvgIpc) is 3.30. The maximum atomic E-state index is 12.5. The van der Waals surface area contributed by atoms with Gasteiger partial charge in [0.2, 0.25) is 0 Å². The molecule has 2 aromatic carbocycles. The molecule has 2 N–H and O–H groups in total. The number of hydrogen-bond donors (Lipinski definition) is 2. The number of carbonyl (C=O) groups is 3. The molecule has 0 radical (unpaired) electrons. The zero-order chi connectivity index (χ0) is 22.1. The molecule has 0 spiro atoms. The van der Waals surface area contributed by atoms with Crippen LogP contribution in [-0.2, 0) is 16.1 Å². The fraction of sp³-hybridized carbons (Fsp3) is 0.0909. The molecule has 0 aliphatic carbocycles. The van der Waals surface area contributed by atoms with Gasteiger partial charge in [0.1, 0.15) is 6.07 Å². The molecule has 1 heterocycles. The number of hydrogen-bond acceptors (Lipinski definition) is 7. The zero-order valence-electron chi connectivity index (χ0n) is 16.2. The molecule has 0 fully saturated rings. The first kappa shape index (κ1) is 22.1. The van der Waals surface area contributed by atoms with Crippen LogP contribution < -0.4 is 10.6 Å². The fourth-order valence-corrected chi connectivity index (χ4v) is 4.15. The lowest BCUT2D eigenvalue weighted by atomic mass is 10.2. The molecule has 3 aromatic rings. The molecule has 3 amide bonds. The maximum Gasteiger partial charge on any atom is 0.339 e. The van der Waals surface area contributed by atoms with E-state index in [4.69, 9.17) is 4.74 Å². The minimum Gasteiger partial charge on any atom is -0.452 e. The number of nitriles is 1. The van der Waals surface area contributed by atoms with Gasteiger partial charge in [0.15, 0.2) is 6.61 Å². The van der Waals surface area contributed by atoms with Crippen molar-refractivity contribution in [2.45, 2.75) is 16.3 Å². The number of esters is 1. The molecule has 0 aliphatic rings. The summed E-state index contributed by atoms with van der Waals surface area (Å²) >= 11 is 2.74. The summed E-state index contributed by atoms with van der Waals surface area (Å²) in [6, 6.07) is 19.0. The smallest absolute Gasteiger partial charge is 0.339 e. The Morgan fingerprint density at radius 3 is 2.48 bits per heavy atom. The number of nitrogens with zero attached hydrogens (tertiary/aromatic N) is 1. The summed E-state index contributed by atoms with van der Waals surface area (Å²) < 4.78 is 5.07. The van der Waals surface area contributed by atoms with Crippen molar-refractivity contribution in [1.82, 2.24) is 10.6 Å². The average molecular weight is 452 g/mol. The van der Waals surface area contributed by atoms with E-state index in [0.717, 1.165) is 4.88 Å². The second-order valence-electron chi connectivity index (χ2n) is 6.09. The van der Waals surface area contributed by atoms with Crippen LogP contribution in [0.4, 0.5) is 4.79 Å². The summed E-state index contributed by atoms with van der Waals surface area (Å²) in [5.41, 5.74) is 0.749. The van der Waals surface area contributed by atoms with Crippen molar-refractivity contribution < 1.29 is 19.1 Å². The van der Waals surface area contributed by atoms with E-state index in [1.165, 1.54) is 23.1 Å². The molecule has 9 heteroatoms. The summed E-state index contributed by atoms with van der Waals surface area (Å²) in [5.74, 6) is -1.44. The van der Waals surface area contributed by atoms with Crippen molar-refractivity contribution in [2.75, 3.05) is 6.61 Å². The number of thiophene rings is 1. The largest absolute Gasteiger partial charge is 0.452 e. The Morgan fingerprint density at radius 2 is 1.74 bits per heavy atom. The quantitative estimate of drug-likeness (QED) is 0.527. The lowest BCUT2D eigenvalue weighted by molar-refractivity contribution is -0.123. The number of imide groups is 1. The SMILES string of the molecule is N#Cc1ccccc1Sc1ccccc1C(=O)OCC(=O)NC(=O)NCc1cccs1. The van der Waals surface area contributed by atoms with Crippen LogP contribution in [0.5, 0.6) is 0 Å². The highest BCUT2D eigenvalue weighted by molar-refractivity contribution is 7.99. The van der Waals surface area contributed by atoms with Crippen LogP contribution in [0, 0.1) is 11.3 Å². The molecule has 0 unspecified atom stereocenters. The topological polar surface area (TPSA) is 108 Å². The minimum atomic E-state index is -0.739. The molecule has 156 valence electrons. The molecule has 0 saturated heterocycles. The number of ether oxygens (including phenoxy) is 1. The van der Waals surface area contributed by atoms with E-state index in [9.17, 15) is 19.6 Å². The highest BCUT2D eigenvalue weighted by Gasteiger charge is 2.17. The van der Waals surface area contributed by atoms with Crippen molar-refractivity contribution in [3.8, 4) is 6.07 Å². The molecule has 31 heavy (non-hydrogen) atoms. The normalized spacial score (nSPS) is 10.0. The molecule has 0 saturated carbocycles. The van der Waals surface area contributed by atoms with Crippen LogP contribution in [0.3, 0.4) is 0 Å². The van der Waals surface area contributed by atoms with Crippen LogP contribution in [0.2, 0.25) is 0 Å². The Kier molecular flexibility index (Phi) is 7.81. The van der Waals surface area contributed by atoms with Gasteiger partial charge in [-0.3, -0.25) is 10.1 Å². The third-order valence-electron chi connectivity index (χ3n) is 3.92. The van der Waals surface area contributed by atoms with Crippen molar-refractivity contribution in [3.63, 3.8) is 0 Å². The predicted octanol–water partition coefficient (Wildman–Crippen LogP) is 3.95. The van der Waals surface area contributed by atoms with Gasteiger partial charge in [-0.05, 0) is 35.7 Å². The minimum absolute atomic E-state index is 0.259. The van der Waals surface area contributed by atoms with Crippen LogP contribution in [0.1, 0.15) is 20.8 Å². The number of benzene rings is 2. The Bertz CT molecular complexity index is 1120. The van der Waals surface area contributed by atoms with Crippen molar-refractivity contribution in [3.05, 3.63) is 82.0 Å². The lowest BCUT2D eigenvalue weighted by Gasteiger charge is -2.10. The van der Waals surface area contributed by atoms with E-state index in [0.29, 0.717) is 21.9 Å². The fourth-order valence-electron chi connectivity index (χ4n) is 2.49. The number of amides is 3. The van der Waals surface area contributed by atoms with E-state index in [1.54, 1.807) is 48.5 Å². The van der Waals surface area contributed by atoms with Crippen molar-refractivity contribution in [1.29, 1.82) is 5.26 Å². The Morgan fingerprint density at radius 1 is 1.00 bits per heavy atom. The molecule has 0 bridgehead atoms. The Balaban J connectivity index is 1.55. The van der Waals surface area contributed by atoms with Gasteiger partial charge in [-0.2, -0.15) is 5.26 Å². The van der Waals surface area contributed by atoms with Gasteiger partial charge in [0.25, 0.3) is 5.91 Å². The van der Waals surface area contributed by atoms with Gasteiger partial charge in [-0.1, -0.05) is 42.1 Å². The number of nitrogens with one attached hydrogen (secondary N) is 2. The predicted molar refractivity (Wildman–Crippen MR) is 117 cm³/mol. The summed E-state index contributed by atoms with van der Waals surface area (Å²) in [6.45, 7) is -0.301. The highest BCUT2D eigenvalue weighted by atomic mass is 32.2. The molecule has 7 nitrogen and oxygen atoms in total. The summed E-state index contributed by atoms with van der Waals surface area (Å²) in [6.07, 6.45) is 0. The first-order chi connectivity index (χ1) is 15.1. The summed E-state index contributed by atoms with van der Waals surface area (Å²) in [5, 5.41) is 15.8. The van der Waals surface area contributed by atoms with Crippen LogP contribution >= 0.6 is 23.1 Å². The third kappa shape index (κ3) is 6.44. The van der Waals surface area contributed by atoms with Crippen LogP contribution in [-0.4, -0.2) is 24.5 Å². The van der Waals surface area contributed by atoms with Crippen molar-refractivity contribution in [2.24, 2.45) is 0 Å². The Hall–Kier alpha value is -3.61. The molecule has 3 rings (SSSR count). The van der Waals surface area contributed by atoms with E-state index in [-0.39, 0.29) is 5.56 Å². The lowest BCUT2D eigenvalue weighted by Crippen LogP contribution is -2.41. The number of urea groups is 1. The van der Waals surface area contributed by atoms with E-state index < -0.39 is 24.5 Å². The maximum absolute atomic E-state index is 12.5. The second-order valence-corrected chi connectivity index (χ2v) is 8.21. The molecule has 0 aliphatic heterocycles. The van der Waals surface area contributed by atoms with E-state index in [1.807, 2.05) is 17.5 Å². The molecular formula is C22H17N3O4S2. The first-order valence-electron chi connectivity index (χ1n) is 9.10. The van der Waals surface area contributed by atoms with E-state index >= 15 is 0 Å².